The van der Waals surface area contributed by atoms with Gasteiger partial charge in [0.2, 0.25) is 5.91 Å². The second-order valence-corrected chi connectivity index (χ2v) is 6.52. The third-order valence-corrected chi connectivity index (χ3v) is 4.85. The maximum atomic E-state index is 13.3. The van der Waals surface area contributed by atoms with Crippen LogP contribution in [0.2, 0.25) is 0 Å². The monoisotopic (exact) mass is 373 g/mol. The summed E-state index contributed by atoms with van der Waals surface area (Å²) in [5.74, 6) is 0.292. The fraction of sp³-hybridized carbons (Fsp3) is 0.381. The summed E-state index contributed by atoms with van der Waals surface area (Å²) in [6.45, 7) is 1.98. The van der Waals surface area contributed by atoms with Gasteiger partial charge in [-0.25, -0.2) is 4.39 Å². The van der Waals surface area contributed by atoms with Crippen molar-refractivity contribution in [3.05, 3.63) is 59.9 Å². The average molecular weight is 373 g/mol. The maximum Gasteiger partial charge on any atom is 0.235 e. The molecule has 0 radical (unpaired) electrons. The van der Waals surface area contributed by atoms with Crippen molar-refractivity contribution >= 4 is 11.6 Å². The van der Waals surface area contributed by atoms with Crippen molar-refractivity contribution in [2.45, 2.75) is 18.3 Å². The first-order chi connectivity index (χ1) is 13.1. The highest BCUT2D eigenvalue weighted by molar-refractivity contribution is 5.99. The fourth-order valence-electron chi connectivity index (χ4n) is 3.26. The summed E-state index contributed by atoms with van der Waals surface area (Å²) in [4.78, 5) is 13.2. The molecule has 0 aliphatic carbocycles. The molecule has 0 saturated carbocycles. The van der Waals surface area contributed by atoms with Crippen molar-refractivity contribution in [2.24, 2.45) is 0 Å². The van der Waals surface area contributed by atoms with Crippen molar-refractivity contribution < 1.29 is 23.4 Å². The molecular weight excluding hydrogens is 349 g/mol. The zero-order valence-corrected chi connectivity index (χ0v) is 15.4. The average Bonchev–Trinajstić information content (AvgIpc) is 2.70. The number of ether oxygens (including phenoxy) is 3. The summed E-state index contributed by atoms with van der Waals surface area (Å²) < 4.78 is 29.3. The molecule has 0 bridgehead atoms. The van der Waals surface area contributed by atoms with Crippen LogP contribution in [0.4, 0.5) is 10.1 Å². The lowest BCUT2D eigenvalue weighted by atomic mass is 9.73. The Labute approximate surface area is 158 Å². The number of hydrogen-bond donors (Lipinski definition) is 1. The number of rotatable bonds is 7. The molecule has 144 valence electrons. The highest BCUT2D eigenvalue weighted by Crippen LogP contribution is 2.36. The standard InChI is InChI=1S/C21H24FNO4/c1-25-14-15-27-19-8-6-18(7-9-19)23-20(24)21(10-12-26-13-11-21)16-2-4-17(22)5-3-16/h2-9H,10-15H2,1H3,(H,23,24). The topological polar surface area (TPSA) is 56.8 Å². The van der Waals surface area contributed by atoms with E-state index in [9.17, 15) is 9.18 Å². The zero-order valence-electron chi connectivity index (χ0n) is 15.4. The number of methoxy groups -OCH3 is 1. The largest absolute Gasteiger partial charge is 0.491 e. The number of amides is 1. The maximum absolute atomic E-state index is 13.3. The molecule has 0 spiro atoms. The SMILES string of the molecule is COCCOc1ccc(NC(=O)C2(c3ccc(F)cc3)CCOCC2)cc1. The summed E-state index contributed by atoms with van der Waals surface area (Å²) in [6.07, 6.45) is 1.12. The van der Waals surface area contributed by atoms with E-state index in [1.165, 1.54) is 12.1 Å². The van der Waals surface area contributed by atoms with Gasteiger partial charge in [0.05, 0.1) is 12.0 Å². The first-order valence-electron chi connectivity index (χ1n) is 9.01. The Bertz CT molecular complexity index is 740. The van der Waals surface area contributed by atoms with E-state index in [4.69, 9.17) is 14.2 Å². The molecule has 5 nitrogen and oxygen atoms in total. The highest BCUT2D eigenvalue weighted by Gasteiger charge is 2.41. The van der Waals surface area contributed by atoms with Crippen LogP contribution in [0.3, 0.4) is 0 Å². The van der Waals surface area contributed by atoms with Gasteiger partial charge in [0, 0.05) is 26.0 Å². The number of hydrogen-bond acceptors (Lipinski definition) is 4. The number of halogens is 1. The molecule has 27 heavy (non-hydrogen) atoms. The van der Waals surface area contributed by atoms with Gasteiger partial charge in [-0.05, 0) is 54.8 Å². The fourth-order valence-corrected chi connectivity index (χ4v) is 3.26. The number of carbonyl (C=O) groups excluding carboxylic acids is 1. The Balaban J connectivity index is 1.74. The van der Waals surface area contributed by atoms with E-state index in [2.05, 4.69) is 5.32 Å². The van der Waals surface area contributed by atoms with E-state index in [1.807, 2.05) is 0 Å². The van der Waals surface area contributed by atoms with Crippen LogP contribution in [-0.4, -0.2) is 39.4 Å². The molecule has 1 heterocycles. The predicted molar refractivity (Wildman–Crippen MR) is 101 cm³/mol. The summed E-state index contributed by atoms with van der Waals surface area (Å²) in [7, 11) is 1.62. The van der Waals surface area contributed by atoms with Gasteiger partial charge in [0.1, 0.15) is 18.2 Å². The van der Waals surface area contributed by atoms with E-state index >= 15 is 0 Å². The van der Waals surface area contributed by atoms with E-state index in [0.717, 1.165) is 5.56 Å². The Morgan fingerprint density at radius 3 is 2.37 bits per heavy atom. The van der Waals surface area contributed by atoms with Crippen LogP contribution in [0, 0.1) is 5.82 Å². The van der Waals surface area contributed by atoms with Gasteiger partial charge >= 0.3 is 0 Å². The van der Waals surface area contributed by atoms with Crippen LogP contribution in [0.15, 0.2) is 48.5 Å². The Kier molecular flexibility index (Phi) is 6.42. The van der Waals surface area contributed by atoms with Crippen LogP contribution in [0.1, 0.15) is 18.4 Å². The van der Waals surface area contributed by atoms with Gasteiger partial charge in [0.15, 0.2) is 0 Å². The van der Waals surface area contributed by atoms with Gasteiger partial charge in [-0.15, -0.1) is 0 Å². The van der Waals surface area contributed by atoms with E-state index in [-0.39, 0.29) is 11.7 Å². The molecule has 1 saturated heterocycles. The smallest absolute Gasteiger partial charge is 0.235 e. The number of anilines is 1. The summed E-state index contributed by atoms with van der Waals surface area (Å²) >= 11 is 0. The second kappa shape index (κ2) is 8.97. The molecule has 1 N–H and O–H groups in total. The van der Waals surface area contributed by atoms with Crippen molar-refractivity contribution in [1.82, 2.24) is 0 Å². The number of carbonyl (C=O) groups is 1. The van der Waals surface area contributed by atoms with Crippen LogP contribution in [0.5, 0.6) is 5.75 Å². The Hall–Kier alpha value is -2.44. The Morgan fingerprint density at radius 2 is 1.74 bits per heavy atom. The van der Waals surface area contributed by atoms with Gasteiger partial charge in [-0.3, -0.25) is 4.79 Å². The lowest BCUT2D eigenvalue weighted by Gasteiger charge is -2.36. The van der Waals surface area contributed by atoms with Crippen LogP contribution in [0.25, 0.3) is 0 Å². The van der Waals surface area contributed by atoms with Crippen LogP contribution in [-0.2, 0) is 19.7 Å². The lowest BCUT2D eigenvalue weighted by molar-refractivity contribution is -0.125. The molecule has 0 atom stereocenters. The summed E-state index contributed by atoms with van der Waals surface area (Å²) in [5.41, 5.74) is 0.774. The van der Waals surface area contributed by atoms with Crippen LogP contribution >= 0.6 is 0 Å². The molecular formula is C21H24FNO4. The van der Waals surface area contributed by atoms with Gasteiger partial charge < -0.3 is 19.5 Å². The molecule has 1 fully saturated rings. The van der Waals surface area contributed by atoms with E-state index < -0.39 is 5.41 Å². The zero-order chi connectivity index (χ0) is 19.1. The Morgan fingerprint density at radius 1 is 1.07 bits per heavy atom. The van der Waals surface area contributed by atoms with Gasteiger partial charge in [-0.2, -0.15) is 0 Å². The van der Waals surface area contributed by atoms with Gasteiger partial charge in [-0.1, -0.05) is 12.1 Å². The van der Waals surface area contributed by atoms with Crippen molar-refractivity contribution in [1.29, 1.82) is 0 Å². The first kappa shape index (κ1) is 19.3. The molecule has 0 unspecified atom stereocenters. The third-order valence-electron chi connectivity index (χ3n) is 4.85. The number of benzene rings is 2. The normalized spacial score (nSPS) is 15.9. The first-order valence-corrected chi connectivity index (χ1v) is 9.01. The van der Waals surface area contributed by atoms with E-state index in [1.54, 1.807) is 43.5 Å². The third kappa shape index (κ3) is 4.64. The predicted octanol–water partition coefficient (Wildman–Crippen LogP) is 3.54. The van der Waals surface area contributed by atoms with Crippen molar-refractivity contribution in [3.8, 4) is 5.75 Å². The van der Waals surface area contributed by atoms with E-state index in [0.29, 0.717) is 50.7 Å². The molecule has 0 aromatic heterocycles. The van der Waals surface area contributed by atoms with Crippen LogP contribution < -0.4 is 10.1 Å². The quantitative estimate of drug-likeness (QED) is 0.755. The number of nitrogens with one attached hydrogen (secondary N) is 1. The minimum atomic E-state index is -0.723. The molecule has 2 aromatic rings. The van der Waals surface area contributed by atoms with Crippen molar-refractivity contribution in [2.75, 3.05) is 38.9 Å². The van der Waals surface area contributed by atoms with Gasteiger partial charge in [0.25, 0.3) is 0 Å². The molecule has 3 rings (SSSR count). The lowest BCUT2D eigenvalue weighted by Crippen LogP contribution is -2.44. The molecule has 1 aliphatic heterocycles. The molecule has 1 aliphatic rings. The minimum absolute atomic E-state index is 0.106. The van der Waals surface area contributed by atoms with Crippen molar-refractivity contribution in [3.63, 3.8) is 0 Å². The summed E-state index contributed by atoms with van der Waals surface area (Å²) in [5, 5.41) is 2.99. The summed E-state index contributed by atoms with van der Waals surface area (Å²) in [6, 6.07) is 13.4. The minimum Gasteiger partial charge on any atom is -0.491 e. The molecule has 1 amide bonds. The molecule has 6 heteroatoms. The second-order valence-electron chi connectivity index (χ2n) is 6.52. The highest BCUT2D eigenvalue weighted by atomic mass is 19.1. The molecule has 2 aromatic carbocycles.